The van der Waals surface area contributed by atoms with E-state index in [1.165, 1.54) is 4.90 Å². The van der Waals surface area contributed by atoms with Crippen LogP contribution < -0.4 is 27.0 Å². The fourth-order valence-corrected chi connectivity index (χ4v) is 2.93. The van der Waals surface area contributed by atoms with Crippen molar-refractivity contribution in [2.24, 2.45) is 17.6 Å². The van der Waals surface area contributed by atoms with Crippen LogP contribution in [0, 0.1) is 11.8 Å². The minimum Gasteiger partial charge on any atom is -0.445 e. The third-order valence-corrected chi connectivity index (χ3v) is 5.61. The van der Waals surface area contributed by atoms with Crippen LogP contribution in [0.1, 0.15) is 39.2 Å². The lowest BCUT2D eigenvalue weighted by atomic mass is 9.96. The minimum absolute atomic E-state index is 0.107. The molecule has 1 aromatic rings. The number of hydrogen-bond acceptors (Lipinski definition) is 6. The number of nitrogens with zero attached hydrogens (tertiary/aromatic N) is 1. The number of amides is 5. The van der Waals surface area contributed by atoms with Crippen LogP contribution in [-0.4, -0.2) is 68.6 Å². The highest BCUT2D eigenvalue weighted by molar-refractivity contribution is 5.97. The van der Waals surface area contributed by atoms with Crippen molar-refractivity contribution in [2.45, 2.75) is 46.3 Å². The third-order valence-electron chi connectivity index (χ3n) is 5.61. The van der Waals surface area contributed by atoms with Gasteiger partial charge in [0.2, 0.25) is 11.8 Å². The molecule has 0 bridgehead atoms. The Labute approximate surface area is 207 Å². The Hall–Kier alpha value is -3.34. The summed E-state index contributed by atoms with van der Waals surface area (Å²) in [6, 6.07) is 5.50. The van der Waals surface area contributed by atoms with Gasteiger partial charge in [0.1, 0.15) is 12.6 Å². The summed E-state index contributed by atoms with van der Waals surface area (Å²) in [6.45, 7) is 7.30. The number of benzene rings is 1. The minimum atomic E-state index is -0.771. The fraction of sp³-hybridized carbons (Fsp3) is 0.583. The lowest BCUT2D eigenvalue weighted by Gasteiger charge is -2.22. The van der Waals surface area contributed by atoms with E-state index >= 15 is 0 Å². The van der Waals surface area contributed by atoms with Crippen LogP contribution in [0.4, 0.5) is 15.3 Å². The highest BCUT2D eigenvalue weighted by Gasteiger charge is 2.24. The van der Waals surface area contributed by atoms with Crippen LogP contribution in [0.2, 0.25) is 0 Å². The number of nitrogens with two attached hydrogens (primary N) is 1. The molecule has 1 aromatic carbocycles. The van der Waals surface area contributed by atoms with E-state index in [1.54, 1.807) is 31.3 Å². The molecule has 0 heterocycles. The molecule has 0 saturated carbocycles. The molecule has 0 aliphatic rings. The van der Waals surface area contributed by atoms with Crippen molar-refractivity contribution in [2.75, 3.05) is 39.0 Å². The van der Waals surface area contributed by atoms with Gasteiger partial charge in [0.25, 0.3) is 0 Å². The second-order valence-electron chi connectivity index (χ2n) is 8.79. The summed E-state index contributed by atoms with van der Waals surface area (Å²) in [6.07, 6.45) is 0.375. The standard InChI is InChI=1S/C24H40N6O5/c1-16(2)17(3)21(31)29-20(7-6-12-27-23(25)33)22(32)28-19-10-8-18(9-11-19)15-35-24(34)30(5)14-13-26-4/h8-11,16-17,20,26H,6-7,12-15H2,1-5H3,(H,28,32)(H,29,31)(H3,25,27,33)/t17-,20-/m0/s1. The Morgan fingerprint density at radius 1 is 1.03 bits per heavy atom. The topological polar surface area (TPSA) is 155 Å². The van der Waals surface area contributed by atoms with Gasteiger partial charge in [-0.2, -0.15) is 0 Å². The molecule has 0 aliphatic heterocycles. The number of carbonyl (C=O) groups is 4. The maximum Gasteiger partial charge on any atom is 0.409 e. The SMILES string of the molecule is CNCCN(C)C(=O)OCc1ccc(NC(=O)[C@H](CCCNC(N)=O)NC(=O)[C@@H](C)C(C)C)cc1. The monoisotopic (exact) mass is 492 g/mol. The fourth-order valence-electron chi connectivity index (χ4n) is 2.93. The largest absolute Gasteiger partial charge is 0.445 e. The van der Waals surface area contributed by atoms with Gasteiger partial charge in [-0.15, -0.1) is 0 Å². The molecule has 1 rings (SSSR count). The van der Waals surface area contributed by atoms with E-state index in [9.17, 15) is 19.2 Å². The number of likely N-dealkylation sites (N-methyl/N-ethyl adjacent to an activating group) is 2. The summed E-state index contributed by atoms with van der Waals surface area (Å²) in [5, 5.41) is 11.1. The molecule has 11 nitrogen and oxygen atoms in total. The Morgan fingerprint density at radius 3 is 2.26 bits per heavy atom. The van der Waals surface area contributed by atoms with Crippen LogP contribution in [0.3, 0.4) is 0 Å². The summed E-state index contributed by atoms with van der Waals surface area (Å²) in [4.78, 5) is 49.8. The Balaban J connectivity index is 2.71. The van der Waals surface area contributed by atoms with Crippen molar-refractivity contribution in [3.05, 3.63) is 29.8 Å². The van der Waals surface area contributed by atoms with Gasteiger partial charge in [0.15, 0.2) is 0 Å². The second-order valence-corrected chi connectivity index (χ2v) is 8.79. The number of urea groups is 1. The maximum atomic E-state index is 12.9. The van der Waals surface area contributed by atoms with Gasteiger partial charge in [0.05, 0.1) is 0 Å². The van der Waals surface area contributed by atoms with Gasteiger partial charge in [-0.25, -0.2) is 9.59 Å². The molecular weight excluding hydrogens is 452 g/mol. The Kier molecular flexibility index (Phi) is 13.2. The number of rotatable bonds is 14. The number of ether oxygens (including phenoxy) is 1. The highest BCUT2D eigenvalue weighted by atomic mass is 16.6. The summed E-state index contributed by atoms with van der Waals surface area (Å²) in [7, 11) is 3.47. The van der Waals surface area contributed by atoms with Gasteiger partial charge < -0.3 is 36.6 Å². The zero-order valence-corrected chi connectivity index (χ0v) is 21.3. The number of nitrogens with one attached hydrogen (secondary N) is 4. The van der Waals surface area contributed by atoms with Crippen LogP contribution in [-0.2, 0) is 20.9 Å². The molecule has 196 valence electrons. The van der Waals surface area contributed by atoms with E-state index in [0.717, 1.165) is 5.56 Å². The van der Waals surface area contributed by atoms with Gasteiger partial charge in [-0.1, -0.05) is 32.9 Å². The molecule has 2 atom stereocenters. The highest BCUT2D eigenvalue weighted by Crippen LogP contribution is 2.14. The second kappa shape index (κ2) is 15.5. The summed E-state index contributed by atoms with van der Waals surface area (Å²) in [5.74, 6) is -0.702. The van der Waals surface area contributed by atoms with Crippen molar-refractivity contribution >= 4 is 29.6 Å². The zero-order valence-electron chi connectivity index (χ0n) is 21.3. The molecule has 11 heteroatoms. The average molecular weight is 493 g/mol. The van der Waals surface area contributed by atoms with E-state index in [0.29, 0.717) is 38.2 Å². The van der Waals surface area contributed by atoms with Crippen LogP contribution in [0.25, 0.3) is 0 Å². The van der Waals surface area contributed by atoms with Crippen molar-refractivity contribution in [1.82, 2.24) is 20.9 Å². The van der Waals surface area contributed by atoms with Gasteiger partial charge in [-0.05, 0) is 43.5 Å². The third kappa shape index (κ3) is 11.6. The number of hydrogen-bond donors (Lipinski definition) is 5. The first-order chi connectivity index (χ1) is 16.5. The summed E-state index contributed by atoms with van der Waals surface area (Å²) >= 11 is 0. The van der Waals surface area contributed by atoms with Crippen molar-refractivity contribution in [3.63, 3.8) is 0 Å². The molecule has 6 N–H and O–H groups in total. The molecule has 0 spiro atoms. The molecule has 0 aromatic heterocycles. The smallest absolute Gasteiger partial charge is 0.409 e. The molecule has 0 aliphatic carbocycles. The molecule has 0 unspecified atom stereocenters. The zero-order chi connectivity index (χ0) is 26.4. The van der Waals surface area contributed by atoms with Gasteiger partial charge >= 0.3 is 12.1 Å². The molecule has 5 amide bonds. The molecule has 0 fully saturated rings. The first-order valence-corrected chi connectivity index (χ1v) is 11.8. The Morgan fingerprint density at radius 2 is 1.69 bits per heavy atom. The van der Waals surface area contributed by atoms with E-state index in [4.69, 9.17) is 10.5 Å². The normalized spacial score (nSPS) is 12.4. The van der Waals surface area contributed by atoms with E-state index in [1.807, 2.05) is 27.8 Å². The van der Waals surface area contributed by atoms with Crippen LogP contribution in [0.5, 0.6) is 0 Å². The predicted molar refractivity (Wildman–Crippen MR) is 135 cm³/mol. The average Bonchev–Trinajstić information content (AvgIpc) is 2.82. The molecule has 0 radical (unpaired) electrons. The van der Waals surface area contributed by atoms with Gasteiger partial charge in [0, 0.05) is 38.3 Å². The summed E-state index contributed by atoms with van der Waals surface area (Å²) < 4.78 is 5.29. The molecule has 35 heavy (non-hydrogen) atoms. The molecular formula is C24H40N6O5. The first kappa shape index (κ1) is 29.7. The van der Waals surface area contributed by atoms with E-state index in [-0.39, 0.29) is 30.3 Å². The van der Waals surface area contributed by atoms with Crippen molar-refractivity contribution in [3.8, 4) is 0 Å². The maximum absolute atomic E-state index is 12.9. The van der Waals surface area contributed by atoms with E-state index < -0.39 is 18.2 Å². The number of carbonyl (C=O) groups excluding carboxylic acids is 4. The predicted octanol–water partition coefficient (Wildman–Crippen LogP) is 1.64. The van der Waals surface area contributed by atoms with Crippen LogP contribution >= 0.6 is 0 Å². The van der Waals surface area contributed by atoms with Gasteiger partial charge in [-0.3, -0.25) is 9.59 Å². The van der Waals surface area contributed by atoms with Crippen LogP contribution in [0.15, 0.2) is 24.3 Å². The Bertz CT molecular complexity index is 830. The number of anilines is 1. The first-order valence-electron chi connectivity index (χ1n) is 11.8. The van der Waals surface area contributed by atoms with Crippen molar-refractivity contribution in [1.29, 1.82) is 0 Å². The summed E-state index contributed by atoms with van der Waals surface area (Å²) in [5.41, 5.74) is 6.39. The lowest BCUT2D eigenvalue weighted by Crippen LogP contribution is -2.46. The van der Waals surface area contributed by atoms with Crippen molar-refractivity contribution < 1.29 is 23.9 Å². The quantitative estimate of drug-likeness (QED) is 0.249. The lowest BCUT2D eigenvalue weighted by molar-refractivity contribution is -0.130. The molecule has 0 saturated heterocycles. The number of primary amides is 1. The van der Waals surface area contributed by atoms with E-state index in [2.05, 4.69) is 21.3 Å².